The fourth-order valence-electron chi connectivity index (χ4n) is 4.19. The maximum atomic E-state index is 12.6. The number of fused-ring (bicyclic) bond motifs is 2. The third-order valence-corrected chi connectivity index (χ3v) is 6.83. The topological polar surface area (TPSA) is 96.3 Å². The Morgan fingerprint density at radius 2 is 1.79 bits per heavy atom. The third-order valence-electron chi connectivity index (χ3n) is 5.61. The van der Waals surface area contributed by atoms with Gasteiger partial charge < -0.3 is 10.2 Å². The molecule has 1 heterocycles. The van der Waals surface area contributed by atoms with Crippen LogP contribution in [0.5, 0.6) is 0 Å². The van der Waals surface area contributed by atoms with Gasteiger partial charge in [0.1, 0.15) is 0 Å². The van der Waals surface area contributed by atoms with Crippen molar-refractivity contribution in [3.05, 3.63) is 40.6 Å². The number of likely N-dealkylation sites (N-methyl/N-ethyl adjacent to an activating group) is 1. The van der Waals surface area contributed by atoms with Crippen molar-refractivity contribution in [1.29, 1.82) is 0 Å². The van der Waals surface area contributed by atoms with Gasteiger partial charge in [-0.05, 0) is 80.9 Å². The van der Waals surface area contributed by atoms with Gasteiger partial charge >= 0.3 is 6.03 Å². The second-order valence-electron chi connectivity index (χ2n) is 8.01. The molecule has 1 aromatic carbocycles. The van der Waals surface area contributed by atoms with Crippen LogP contribution in [0.2, 0.25) is 0 Å². The first kappa shape index (κ1) is 19.9. The minimum absolute atomic E-state index is 0.157. The summed E-state index contributed by atoms with van der Waals surface area (Å²) in [6, 6.07) is 2.94. The first-order chi connectivity index (χ1) is 13.8. The number of aromatic nitrogens is 2. The largest absolute Gasteiger partial charge is 0.333 e. The summed E-state index contributed by atoms with van der Waals surface area (Å²) in [6.07, 6.45) is 7.60. The monoisotopic (exact) mass is 417 g/mol. The van der Waals surface area contributed by atoms with E-state index >= 15 is 0 Å². The molecule has 0 saturated heterocycles. The molecule has 2 amide bonds. The minimum atomic E-state index is -4.03. The zero-order valence-electron chi connectivity index (χ0n) is 16.9. The van der Waals surface area contributed by atoms with Crippen molar-refractivity contribution in [2.24, 2.45) is 0 Å². The van der Waals surface area contributed by atoms with Crippen molar-refractivity contribution >= 4 is 21.7 Å². The highest BCUT2D eigenvalue weighted by Crippen LogP contribution is 2.38. The Labute approximate surface area is 171 Å². The van der Waals surface area contributed by atoms with Crippen LogP contribution in [0.1, 0.15) is 35.1 Å². The number of urea groups is 1. The minimum Gasteiger partial charge on any atom is -0.308 e. The Hall–Kier alpha value is -2.39. The zero-order chi connectivity index (χ0) is 20.6. The summed E-state index contributed by atoms with van der Waals surface area (Å²) in [5, 5.41) is 6.78. The highest BCUT2D eigenvalue weighted by Gasteiger charge is 2.27. The first-order valence-corrected chi connectivity index (χ1v) is 11.5. The maximum absolute atomic E-state index is 12.6. The molecule has 2 aliphatic rings. The van der Waals surface area contributed by atoms with E-state index in [0.717, 1.165) is 61.9 Å². The van der Waals surface area contributed by atoms with Crippen molar-refractivity contribution in [3.63, 3.8) is 0 Å². The van der Waals surface area contributed by atoms with Gasteiger partial charge in [0.15, 0.2) is 5.03 Å². The number of anilines is 1. The summed E-state index contributed by atoms with van der Waals surface area (Å²) in [5.74, 6) is 0. The zero-order valence-corrected chi connectivity index (χ0v) is 17.7. The number of hydrogen-bond donors (Lipinski definition) is 2. The number of carbonyl (C=O) groups is 1. The van der Waals surface area contributed by atoms with Crippen LogP contribution in [-0.2, 0) is 42.3 Å². The summed E-state index contributed by atoms with van der Waals surface area (Å²) in [7, 11) is -0.164. The van der Waals surface area contributed by atoms with Gasteiger partial charge in [-0.3, -0.25) is 4.68 Å². The molecule has 0 fully saturated rings. The number of nitrogens with one attached hydrogen (secondary N) is 2. The molecule has 8 nitrogen and oxygen atoms in total. The second kappa shape index (κ2) is 7.79. The van der Waals surface area contributed by atoms with Crippen molar-refractivity contribution in [3.8, 4) is 0 Å². The van der Waals surface area contributed by atoms with Crippen LogP contribution in [0.3, 0.4) is 0 Å². The average molecular weight is 418 g/mol. The summed E-state index contributed by atoms with van der Waals surface area (Å²) < 4.78 is 28.9. The molecular weight excluding hydrogens is 390 g/mol. The Balaban J connectivity index is 1.49. The molecule has 0 saturated carbocycles. The number of benzene rings is 1. The smallest absolute Gasteiger partial charge is 0.308 e. The lowest BCUT2D eigenvalue weighted by Gasteiger charge is -2.16. The van der Waals surface area contributed by atoms with E-state index in [1.807, 2.05) is 19.0 Å². The van der Waals surface area contributed by atoms with E-state index in [1.165, 1.54) is 17.2 Å². The molecule has 2 aliphatic carbocycles. The lowest BCUT2D eigenvalue weighted by Crippen LogP contribution is -2.35. The molecule has 0 bridgehead atoms. The molecule has 1 aromatic heterocycles. The number of aryl methyl sites for hydroxylation is 2. The summed E-state index contributed by atoms with van der Waals surface area (Å²) in [6.45, 7) is 1.30. The Kier molecular flexibility index (Phi) is 5.35. The molecule has 9 heteroatoms. The van der Waals surface area contributed by atoms with Crippen LogP contribution < -0.4 is 10.0 Å². The first-order valence-electron chi connectivity index (χ1n) is 10.0. The number of rotatable bonds is 6. The van der Waals surface area contributed by atoms with Crippen LogP contribution in [0.4, 0.5) is 10.5 Å². The van der Waals surface area contributed by atoms with Crippen LogP contribution in [-0.4, -0.2) is 49.8 Å². The third kappa shape index (κ3) is 4.16. The van der Waals surface area contributed by atoms with Gasteiger partial charge in [0, 0.05) is 18.4 Å². The molecular formula is C20H27N5O3S. The highest BCUT2D eigenvalue weighted by molar-refractivity contribution is 7.90. The molecule has 156 valence electrons. The molecule has 2 aromatic rings. The fourth-order valence-corrected chi connectivity index (χ4v) is 5.05. The van der Waals surface area contributed by atoms with E-state index in [-0.39, 0.29) is 5.03 Å². The van der Waals surface area contributed by atoms with Crippen molar-refractivity contribution in [1.82, 2.24) is 19.4 Å². The number of nitrogens with zero attached hydrogens (tertiary/aromatic N) is 3. The summed E-state index contributed by atoms with van der Waals surface area (Å²) in [5.41, 5.74) is 5.70. The van der Waals surface area contributed by atoms with Crippen LogP contribution in [0.15, 0.2) is 23.4 Å². The van der Waals surface area contributed by atoms with Crippen molar-refractivity contribution in [2.75, 3.05) is 26.0 Å². The number of carbonyl (C=O) groups excluding carboxylic acids is 1. The van der Waals surface area contributed by atoms with Crippen LogP contribution >= 0.6 is 0 Å². The number of hydrogen-bond acceptors (Lipinski definition) is 5. The van der Waals surface area contributed by atoms with Crippen LogP contribution in [0.25, 0.3) is 0 Å². The fraction of sp³-hybridized carbons (Fsp3) is 0.500. The Morgan fingerprint density at radius 3 is 2.41 bits per heavy atom. The van der Waals surface area contributed by atoms with Gasteiger partial charge in [-0.2, -0.15) is 13.5 Å². The second-order valence-corrected chi connectivity index (χ2v) is 9.64. The summed E-state index contributed by atoms with van der Waals surface area (Å²) in [4.78, 5) is 14.6. The lowest BCUT2D eigenvalue weighted by molar-refractivity contribution is 0.256. The molecule has 0 spiro atoms. The van der Waals surface area contributed by atoms with E-state index in [9.17, 15) is 13.2 Å². The van der Waals surface area contributed by atoms with E-state index in [4.69, 9.17) is 0 Å². The molecule has 2 N–H and O–H groups in total. The predicted molar refractivity (Wildman–Crippen MR) is 111 cm³/mol. The van der Waals surface area contributed by atoms with Gasteiger partial charge in [0.05, 0.1) is 6.54 Å². The van der Waals surface area contributed by atoms with Gasteiger partial charge in [-0.15, -0.1) is 0 Å². The van der Waals surface area contributed by atoms with E-state index < -0.39 is 16.1 Å². The van der Waals surface area contributed by atoms with Crippen LogP contribution in [0, 0.1) is 0 Å². The molecule has 0 unspecified atom stereocenters. The van der Waals surface area contributed by atoms with Gasteiger partial charge in [0.2, 0.25) is 0 Å². The number of amides is 2. The van der Waals surface area contributed by atoms with E-state index in [0.29, 0.717) is 6.54 Å². The average Bonchev–Trinajstić information content (AvgIpc) is 3.39. The molecule has 0 atom stereocenters. The lowest BCUT2D eigenvalue weighted by atomic mass is 9.99. The normalized spacial score (nSPS) is 15.4. The SMILES string of the molecule is CN(C)CCn1ccc(S(=O)(=O)NC(=O)Nc2c3c(cc4c2CCC4)CCC3)n1. The Bertz CT molecular complexity index is 1010. The quantitative estimate of drug-likeness (QED) is 0.749. The summed E-state index contributed by atoms with van der Waals surface area (Å²) >= 11 is 0. The van der Waals surface area contributed by atoms with Gasteiger partial charge in [-0.25, -0.2) is 9.52 Å². The van der Waals surface area contributed by atoms with Crippen molar-refractivity contribution < 1.29 is 13.2 Å². The predicted octanol–water partition coefficient (Wildman–Crippen LogP) is 1.93. The Morgan fingerprint density at radius 1 is 1.14 bits per heavy atom. The molecule has 0 radical (unpaired) electrons. The van der Waals surface area contributed by atoms with Crippen molar-refractivity contribution in [2.45, 2.75) is 50.1 Å². The van der Waals surface area contributed by atoms with E-state index in [1.54, 1.807) is 10.9 Å². The molecule has 0 aliphatic heterocycles. The molecule has 29 heavy (non-hydrogen) atoms. The van der Waals surface area contributed by atoms with Gasteiger partial charge in [-0.1, -0.05) is 6.07 Å². The molecule has 4 rings (SSSR count). The maximum Gasteiger partial charge on any atom is 0.333 e. The highest BCUT2D eigenvalue weighted by atomic mass is 32.2. The number of sulfonamides is 1. The van der Waals surface area contributed by atoms with E-state index in [2.05, 4.69) is 21.2 Å². The standard InChI is InChI=1S/C20H27N5O3S/c1-24(2)11-12-25-10-9-18(22-25)29(27,28)23-20(26)21-19-16-7-3-5-14(16)13-15-6-4-8-17(15)19/h9-10,13H,3-8,11-12H2,1-2H3,(H2,21,23,26). The van der Waals surface area contributed by atoms with Gasteiger partial charge in [0.25, 0.3) is 10.0 Å².